The van der Waals surface area contributed by atoms with Crippen molar-refractivity contribution in [1.29, 1.82) is 0 Å². The lowest BCUT2D eigenvalue weighted by Gasteiger charge is -2.34. The standard InChI is InChI=1S/C20H26ClN5OS/c21-18-5-1-4-17(14-18)15-28-16-19(27)22-8-3-9-25-10-12-26(13-11-25)20-23-6-2-7-24-20/h1-2,4-7,14H,3,8-13,15-16H2,(H,22,27). The molecule has 1 aromatic carbocycles. The number of aromatic nitrogens is 2. The molecule has 1 aliphatic heterocycles. The van der Waals surface area contributed by atoms with Crippen molar-refractivity contribution in [1.82, 2.24) is 20.2 Å². The van der Waals surface area contributed by atoms with E-state index in [0.717, 1.165) is 68.0 Å². The fourth-order valence-electron chi connectivity index (χ4n) is 3.10. The highest BCUT2D eigenvalue weighted by Crippen LogP contribution is 2.16. The monoisotopic (exact) mass is 419 g/mol. The Balaban J connectivity index is 1.23. The smallest absolute Gasteiger partial charge is 0.230 e. The number of hydrogen-bond donors (Lipinski definition) is 1. The van der Waals surface area contributed by atoms with E-state index in [0.29, 0.717) is 5.75 Å². The second kappa shape index (κ2) is 11.2. The van der Waals surface area contributed by atoms with Crippen molar-refractivity contribution >= 4 is 35.2 Å². The summed E-state index contributed by atoms with van der Waals surface area (Å²) in [7, 11) is 0. The molecule has 0 aliphatic carbocycles. The fraction of sp³-hybridized carbons (Fsp3) is 0.450. The number of carbonyl (C=O) groups is 1. The van der Waals surface area contributed by atoms with Gasteiger partial charge in [-0.1, -0.05) is 23.7 Å². The molecule has 1 saturated heterocycles. The summed E-state index contributed by atoms with van der Waals surface area (Å²) in [6, 6.07) is 9.60. The first-order valence-electron chi connectivity index (χ1n) is 9.54. The first-order valence-corrected chi connectivity index (χ1v) is 11.1. The number of anilines is 1. The number of thioether (sulfide) groups is 1. The molecule has 0 radical (unpaired) electrons. The topological polar surface area (TPSA) is 61.4 Å². The van der Waals surface area contributed by atoms with E-state index in [4.69, 9.17) is 11.6 Å². The number of carbonyl (C=O) groups excluding carboxylic acids is 1. The van der Waals surface area contributed by atoms with Crippen LogP contribution in [-0.4, -0.2) is 65.8 Å². The Kier molecular flexibility index (Phi) is 8.39. The zero-order valence-electron chi connectivity index (χ0n) is 15.9. The predicted molar refractivity (Wildman–Crippen MR) is 116 cm³/mol. The molecule has 1 aliphatic rings. The maximum Gasteiger partial charge on any atom is 0.230 e. The number of piperazine rings is 1. The van der Waals surface area contributed by atoms with Crippen molar-refractivity contribution in [2.45, 2.75) is 12.2 Å². The van der Waals surface area contributed by atoms with Crippen molar-refractivity contribution < 1.29 is 4.79 Å². The van der Waals surface area contributed by atoms with Gasteiger partial charge >= 0.3 is 0 Å². The Morgan fingerprint density at radius 1 is 1.14 bits per heavy atom. The largest absolute Gasteiger partial charge is 0.355 e. The van der Waals surface area contributed by atoms with Gasteiger partial charge in [-0.3, -0.25) is 9.69 Å². The van der Waals surface area contributed by atoms with E-state index in [9.17, 15) is 4.79 Å². The molecule has 3 rings (SSSR count). The van der Waals surface area contributed by atoms with Crippen LogP contribution in [0, 0.1) is 0 Å². The van der Waals surface area contributed by atoms with Gasteiger partial charge in [0.25, 0.3) is 0 Å². The second-order valence-electron chi connectivity index (χ2n) is 6.70. The lowest BCUT2D eigenvalue weighted by molar-refractivity contribution is -0.118. The van der Waals surface area contributed by atoms with Gasteiger partial charge in [0, 0.05) is 55.9 Å². The van der Waals surface area contributed by atoms with Gasteiger partial charge in [-0.2, -0.15) is 0 Å². The predicted octanol–water partition coefficient (Wildman–Crippen LogP) is 2.69. The second-order valence-corrected chi connectivity index (χ2v) is 8.13. The third-order valence-electron chi connectivity index (χ3n) is 4.57. The van der Waals surface area contributed by atoms with Crippen molar-refractivity contribution in [3.8, 4) is 0 Å². The highest BCUT2D eigenvalue weighted by molar-refractivity contribution is 7.99. The average molecular weight is 420 g/mol. The van der Waals surface area contributed by atoms with Crippen LogP contribution in [0.5, 0.6) is 0 Å². The van der Waals surface area contributed by atoms with E-state index in [2.05, 4.69) is 25.1 Å². The maximum absolute atomic E-state index is 12.0. The molecule has 6 nitrogen and oxygen atoms in total. The molecule has 0 unspecified atom stereocenters. The zero-order valence-corrected chi connectivity index (χ0v) is 17.5. The number of halogens is 1. The molecular formula is C20H26ClN5OS. The first-order chi connectivity index (χ1) is 13.7. The summed E-state index contributed by atoms with van der Waals surface area (Å²) < 4.78 is 0. The van der Waals surface area contributed by atoms with E-state index in [1.165, 1.54) is 0 Å². The minimum atomic E-state index is 0.0954. The summed E-state index contributed by atoms with van der Waals surface area (Å²) in [6.45, 7) is 5.61. The summed E-state index contributed by atoms with van der Waals surface area (Å²) in [5, 5.41) is 3.75. The van der Waals surface area contributed by atoms with Gasteiger partial charge in [0.2, 0.25) is 11.9 Å². The van der Waals surface area contributed by atoms with Crippen molar-refractivity contribution in [3.05, 3.63) is 53.3 Å². The minimum absolute atomic E-state index is 0.0954. The number of hydrogen-bond acceptors (Lipinski definition) is 6. The van der Waals surface area contributed by atoms with Crippen LogP contribution >= 0.6 is 23.4 Å². The Labute approximate surface area is 175 Å². The molecule has 0 bridgehead atoms. The van der Waals surface area contributed by atoms with Crippen LogP contribution in [0.2, 0.25) is 5.02 Å². The SMILES string of the molecule is O=C(CSCc1cccc(Cl)c1)NCCCN1CCN(c2ncccn2)CC1. The lowest BCUT2D eigenvalue weighted by atomic mass is 10.2. The molecule has 1 amide bonds. The lowest BCUT2D eigenvalue weighted by Crippen LogP contribution is -2.47. The molecule has 8 heteroatoms. The van der Waals surface area contributed by atoms with Crippen molar-refractivity contribution in [2.24, 2.45) is 0 Å². The van der Waals surface area contributed by atoms with Crippen molar-refractivity contribution in [2.75, 3.05) is 49.9 Å². The van der Waals surface area contributed by atoms with Gasteiger partial charge in [0.15, 0.2) is 0 Å². The molecule has 0 saturated carbocycles. The third kappa shape index (κ3) is 6.96. The van der Waals surface area contributed by atoms with Crippen molar-refractivity contribution in [3.63, 3.8) is 0 Å². The molecule has 2 heterocycles. The normalized spacial score (nSPS) is 14.8. The fourth-order valence-corrected chi connectivity index (χ4v) is 4.11. The van der Waals surface area contributed by atoms with E-state index in [1.807, 2.05) is 30.3 Å². The van der Waals surface area contributed by atoms with E-state index >= 15 is 0 Å². The quantitative estimate of drug-likeness (QED) is 0.630. The van der Waals surface area contributed by atoms with E-state index < -0.39 is 0 Å². The molecule has 0 spiro atoms. The van der Waals surface area contributed by atoms with Gasteiger partial charge in [-0.25, -0.2) is 9.97 Å². The summed E-state index contributed by atoms with van der Waals surface area (Å²) in [6.07, 6.45) is 4.53. The highest BCUT2D eigenvalue weighted by atomic mass is 35.5. The Morgan fingerprint density at radius 2 is 1.93 bits per heavy atom. The number of nitrogens with one attached hydrogen (secondary N) is 1. The average Bonchev–Trinajstić information content (AvgIpc) is 2.72. The number of amides is 1. The highest BCUT2D eigenvalue weighted by Gasteiger charge is 2.18. The third-order valence-corrected chi connectivity index (χ3v) is 5.81. The van der Waals surface area contributed by atoms with Gasteiger partial charge in [-0.05, 0) is 36.7 Å². The minimum Gasteiger partial charge on any atom is -0.355 e. The van der Waals surface area contributed by atoms with Gasteiger partial charge < -0.3 is 10.2 Å². The Hall–Kier alpha value is -1.83. The molecule has 0 atom stereocenters. The molecule has 1 aromatic heterocycles. The van der Waals surface area contributed by atoms with Crippen LogP contribution in [0.3, 0.4) is 0 Å². The zero-order chi connectivity index (χ0) is 19.6. The molecule has 1 N–H and O–H groups in total. The van der Waals surface area contributed by atoms with Crippen LogP contribution in [0.4, 0.5) is 5.95 Å². The van der Waals surface area contributed by atoms with Gasteiger partial charge in [0.1, 0.15) is 0 Å². The summed E-state index contributed by atoms with van der Waals surface area (Å²) in [5.74, 6) is 2.17. The summed E-state index contributed by atoms with van der Waals surface area (Å²) in [4.78, 5) is 25.2. The van der Waals surface area contributed by atoms with Crippen LogP contribution in [0.1, 0.15) is 12.0 Å². The number of benzene rings is 1. The molecule has 150 valence electrons. The van der Waals surface area contributed by atoms with E-state index in [-0.39, 0.29) is 5.91 Å². The van der Waals surface area contributed by atoms with Crippen LogP contribution in [-0.2, 0) is 10.5 Å². The Bertz CT molecular complexity index is 740. The first kappa shape index (κ1) is 20.9. The molecule has 28 heavy (non-hydrogen) atoms. The maximum atomic E-state index is 12.0. The number of rotatable bonds is 9. The number of nitrogens with zero attached hydrogens (tertiary/aromatic N) is 4. The van der Waals surface area contributed by atoms with Crippen LogP contribution in [0.15, 0.2) is 42.7 Å². The summed E-state index contributed by atoms with van der Waals surface area (Å²) in [5.41, 5.74) is 1.14. The summed E-state index contributed by atoms with van der Waals surface area (Å²) >= 11 is 7.58. The van der Waals surface area contributed by atoms with Gasteiger partial charge in [-0.15, -0.1) is 11.8 Å². The Morgan fingerprint density at radius 3 is 2.68 bits per heavy atom. The van der Waals surface area contributed by atoms with E-state index in [1.54, 1.807) is 24.2 Å². The molecule has 2 aromatic rings. The van der Waals surface area contributed by atoms with Crippen LogP contribution in [0.25, 0.3) is 0 Å². The molecular weight excluding hydrogens is 394 g/mol. The van der Waals surface area contributed by atoms with Gasteiger partial charge in [0.05, 0.1) is 5.75 Å². The van der Waals surface area contributed by atoms with Crippen LogP contribution < -0.4 is 10.2 Å². The molecule has 1 fully saturated rings.